The van der Waals surface area contributed by atoms with E-state index in [-0.39, 0.29) is 16.9 Å². The molecule has 24 heavy (non-hydrogen) atoms. The Morgan fingerprint density at radius 1 is 1.29 bits per heavy atom. The van der Waals surface area contributed by atoms with Gasteiger partial charge >= 0.3 is 0 Å². The lowest BCUT2D eigenvalue weighted by Gasteiger charge is -2.39. The first-order valence-electron chi connectivity index (χ1n) is 9.32. The third kappa shape index (κ3) is 4.42. The van der Waals surface area contributed by atoms with Crippen LogP contribution in [0.4, 0.5) is 0 Å². The van der Waals surface area contributed by atoms with Crippen LogP contribution in [0.2, 0.25) is 0 Å². The van der Waals surface area contributed by atoms with Gasteiger partial charge in [0.2, 0.25) is 0 Å². The number of hydrogen-bond donors (Lipinski definition) is 3. The Hall–Kier alpha value is 1.35. The number of hydrogen-bond acceptors (Lipinski definition) is 4. The molecule has 1 rings (SSSR count). The molecule has 0 aromatic carbocycles. The molecule has 0 spiro atoms. The average Bonchev–Trinajstić information content (AvgIpc) is 2.91. The van der Waals surface area contributed by atoms with Gasteiger partial charge in [-0.3, -0.25) is 0 Å². The summed E-state index contributed by atoms with van der Waals surface area (Å²) in [6.45, 7) is 16.3. The van der Waals surface area contributed by atoms with Crippen molar-refractivity contribution in [3.8, 4) is 0 Å². The highest BCUT2D eigenvalue weighted by atomic mass is 127. The first kappa shape index (κ1) is 23.4. The van der Waals surface area contributed by atoms with Crippen molar-refractivity contribution in [3.05, 3.63) is 0 Å². The standard InChI is InChI=1S/C19H38INOS2/c1-8-9-15(13(2)3)10-18(7)16(11-23)19(18,22)12-21(24)17(5,6)14(4)20/h13-16,22-24H,8-12H2,1-7H3. The highest BCUT2D eigenvalue weighted by molar-refractivity contribution is 14.1. The first-order chi connectivity index (χ1) is 10.9. The Balaban J connectivity index is 2.93. The van der Waals surface area contributed by atoms with Crippen molar-refractivity contribution >= 4 is 48.0 Å². The lowest BCUT2D eigenvalue weighted by Crippen LogP contribution is -2.48. The van der Waals surface area contributed by atoms with Crippen molar-refractivity contribution in [1.29, 1.82) is 0 Å². The summed E-state index contributed by atoms with van der Waals surface area (Å²) < 4.78 is 2.50. The summed E-state index contributed by atoms with van der Waals surface area (Å²) in [5, 5.41) is 11.5. The zero-order valence-corrected chi connectivity index (χ0v) is 20.5. The summed E-state index contributed by atoms with van der Waals surface area (Å²) in [5.74, 6) is 2.32. The van der Waals surface area contributed by atoms with Gasteiger partial charge in [-0.15, -0.1) is 0 Å². The quantitative estimate of drug-likeness (QED) is 0.216. The fourth-order valence-electron chi connectivity index (χ4n) is 4.03. The Bertz CT molecular complexity index is 418. The average molecular weight is 488 g/mol. The van der Waals surface area contributed by atoms with E-state index in [1.165, 1.54) is 12.8 Å². The zero-order valence-electron chi connectivity index (χ0n) is 16.5. The molecule has 1 aliphatic carbocycles. The number of aliphatic hydroxyl groups is 1. The number of halogens is 1. The molecular formula is C19H38INOS2. The van der Waals surface area contributed by atoms with Crippen LogP contribution in [0.3, 0.4) is 0 Å². The third-order valence-electron chi connectivity index (χ3n) is 6.75. The number of β-amino-alcohol motifs (C(OH)–C–C–N with tert-alkyl or cyclic N) is 1. The molecule has 1 N–H and O–H groups in total. The minimum absolute atomic E-state index is 0.0512. The minimum atomic E-state index is -0.680. The Morgan fingerprint density at radius 2 is 1.83 bits per heavy atom. The van der Waals surface area contributed by atoms with Crippen molar-refractivity contribution in [2.75, 3.05) is 12.3 Å². The second kappa shape index (κ2) is 8.57. The molecule has 0 heterocycles. The first-order valence-corrected chi connectivity index (χ1v) is 11.6. The second-order valence-corrected chi connectivity index (χ2v) is 11.6. The molecule has 144 valence electrons. The number of alkyl halides is 1. The Morgan fingerprint density at radius 3 is 2.21 bits per heavy atom. The molecule has 0 aromatic heterocycles. The van der Waals surface area contributed by atoms with Crippen LogP contribution >= 0.6 is 48.0 Å². The van der Waals surface area contributed by atoms with Crippen molar-refractivity contribution in [2.45, 2.75) is 82.8 Å². The molecule has 1 fully saturated rings. The molecular weight excluding hydrogens is 449 g/mol. The number of thiol groups is 2. The predicted octanol–water partition coefficient (Wildman–Crippen LogP) is 5.49. The van der Waals surface area contributed by atoms with Crippen molar-refractivity contribution < 1.29 is 5.11 Å². The van der Waals surface area contributed by atoms with Crippen molar-refractivity contribution in [3.63, 3.8) is 0 Å². The van der Waals surface area contributed by atoms with Gasteiger partial charge in [-0.1, -0.05) is 82.9 Å². The summed E-state index contributed by atoms with van der Waals surface area (Å²) in [6.07, 6.45) is 3.53. The summed E-state index contributed by atoms with van der Waals surface area (Å²) in [7, 11) is 0. The summed E-state index contributed by atoms with van der Waals surface area (Å²) >= 11 is 11.8. The minimum Gasteiger partial charge on any atom is -0.388 e. The second-order valence-electron chi connectivity index (χ2n) is 8.90. The summed E-state index contributed by atoms with van der Waals surface area (Å²) in [6, 6.07) is 0. The van der Waals surface area contributed by atoms with E-state index in [0.29, 0.717) is 22.3 Å². The highest BCUT2D eigenvalue weighted by Crippen LogP contribution is 2.66. The molecule has 5 unspecified atom stereocenters. The van der Waals surface area contributed by atoms with Gasteiger partial charge in [0.25, 0.3) is 0 Å². The van der Waals surface area contributed by atoms with Gasteiger partial charge in [0.1, 0.15) is 0 Å². The van der Waals surface area contributed by atoms with Crippen LogP contribution in [0.15, 0.2) is 0 Å². The van der Waals surface area contributed by atoms with Gasteiger partial charge in [-0.25, -0.2) is 4.31 Å². The molecule has 0 aromatic rings. The normalized spacial score (nSPS) is 33.1. The van der Waals surface area contributed by atoms with Crippen LogP contribution in [0, 0.1) is 23.2 Å². The Labute approximate surface area is 175 Å². The fraction of sp³-hybridized carbons (Fsp3) is 1.00. The number of rotatable bonds is 10. The van der Waals surface area contributed by atoms with Gasteiger partial charge in [-0.2, -0.15) is 12.6 Å². The third-order valence-corrected chi connectivity index (χ3v) is 9.30. The van der Waals surface area contributed by atoms with Crippen LogP contribution in [-0.4, -0.2) is 36.8 Å². The van der Waals surface area contributed by atoms with Gasteiger partial charge in [0.05, 0.1) is 5.60 Å². The van der Waals surface area contributed by atoms with E-state index >= 15 is 0 Å². The zero-order chi connectivity index (χ0) is 18.9. The van der Waals surface area contributed by atoms with Crippen molar-refractivity contribution in [1.82, 2.24) is 4.31 Å². The van der Waals surface area contributed by atoms with E-state index in [9.17, 15) is 5.11 Å². The molecule has 0 bridgehead atoms. The highest BCUT2D eigenvalue weighted by Gasteiger charge is 2.73. The van der Waals surface area contributed by atoms with Crippen LogP contribution in [0.5, 0.6) is 0 Å². The molecule has 2 nitrogen and oxygen atoms in total. The molecule has 1 saturated carbocycles. The van der Waals surface area contributed by atoms with Crippen LogP contribution in [0.1, 0.15) is 67.7 Å². The maximum absolute atomic E-state index is 11.5. The monoisotopic (exact) mass is 487 g/mol. The molecule has 0 amide bonds. The molecule has 5 atom stereocenters. The van der Waals surface area contributed by atoms with Gasteiger partial charge in [-0.05, 0) is 37.9 Å². The van der Waals surface area contributed by atoms with Crippen LogP contribution < -0.4 is 0 Å². The van der Waals surface area contributed by atoms with E-state index in [0.717, 1.165) is 12.2 Å². The molecule has 0 saturated heterocycles. The topological polar surface area (TPSA) is 23.5 Å². The largest absolute Gasteiger partial charge is 0.388 e. The van der Waals surface area contributed by atoms with E-state index in [1.54, 1.807) is 0 Å². The summed E-state index contributed by atoms with van der Waals surface area (Å²) in [4.78, 5) is 0. The van der Waals surface area contributed by atoms with E-state index in [2.05, 4.69) is 88.0 Å². The molecule has 1 aliphatic rings. The van der Waals surface area contributed by atoms with Gasteiger partial charge in [0.15, 0.2) is 0 Å². The lowest BCUT2D eigenvalue weighted by molar-refractivity contribution is 0.0494. The van der Waals surface area contributed by atoms with Gasteiger partial charge < -0.3 is 5.11 Å². The van der Waals surface area contributed by atoms with E-state index in [4.69, 9.17) is 12.8 Å². The lowest BCUT2D eigenvalue weighted by atomic mass is 9.80. The van der Waals surface area contributed by atoms with E-state index < -0.39 is 5.60 Å². The smallest absolute Gasteiger partial charge is 0.0882 e. The molecule has 0 radical (unpaired) electrons. The summed E-state index contributed by atoms with van der Waals surface area (Å²) in [5.41, 5.74) is -0.796. The van der Waals surface area contributed by atoms with Gasteiger partial charge in [0, 0.05) is 27.3 Å². The van der Waals surface area contributed by atoms with E-state index in [1.807, 2.05) is 0 Å². The number of nitrogens with zero attached hydrogens (tertiary/aromatic N) is 1. The molecule has 5 heteroatoms. The maximum Gasteiger partial charge on any atom is 0.0882 e. The predicted molar refractivity (Wildman–Crippen MR) is 122 cm³/mol. The Kier molecular flexibility index (Phi) is 8.36. The SMILES string of the molecule is CCCC(CC1(C)C(CS)C1(O)CN(S)C(C)(C)C(C)I)C(C)C. The van der Waals surface area contributed by atoms with Crippen LogP contribution in [0.25, 0.3) is 0 Å². The van der Waals surface area contributed by atoms with Crippen LogP contribution in [-0.2, 0) is 0 Å². The maximum atomic E-state index is 11.5. The molecule has 0 aliphatic heterocycles. The van der Waals surface area contributed by atoms with Crippen molar-refractivity contribution in [2.24, 2.45) is 23.2 Å². The fourth-order valence-corrected chi connectivity index (χ4v) is 5.68.